The van der Waals surface area contributed by atoms with Gasteiger partial charge >= 0.3 is 0 Å². The summed E-state index contributed by atoms with van der Waals surface area (Å²) >= 11 is 0. The van der Waals surface area contributed by atoms with Crippen LogP contribution in [0.4, 0.5) is 5.82 Å². The third kappa shape index (κ3) is 4.34. The van der Waals surface area contributed by atoms with Crippen molar-refractivity contribution in [2.75, 3.05) is 11.9 Å². The molecule has 10 heteroatoms. The number of rotatable bonds is 7. The molecule has 9 nitrogen and oxygen atoms in total. The van der Waals surface area contributed by atoms with E-state index in [2.05, 4.69) is 15.8 Å². The summed E-state index contributed by atoms with van der Waals surface area (Å²) in [5.74, 6) is 0.117. The van der Waals surface area contributed by atoms with E-state index in [1.54, 1.807) is 25.1 Å². The summed E-state index contributed by atoms with van der Waals surface area (Å²) in [5.41, 5.74) is -0.222. The summed E-state index contributed by atoms with van der Waals surface area (Å²) in [6.07, 6.45) is 1.45. The Labute approximate surface area is 156 Å². The Hall–Kier alpha value is -2.72. The van der Waals surface area contributed by atoms with Gasteiger partial charge in [0.25, 0.3) is 0 Å². The number of aryl methyl sites for hydroxylation is 1. The van der Waals surface area contributed by atoms with Gasteiger partial charge in [0.2, 0.25) is 21.8 Å². The third-order valence-electron chi connectivity index (χ3n) is 4.44. The van der Waals surface area contributed by atoms with E-state index < -0.39 is 21.3 Å². The summed E-state index contributed by atoms with van der Waals surface area (Å²) < 4.78 is 27.4. The molecule has 1 aromatic carbocycles. The highest BCUT2D eigenvalue weighted by atomic mass is 32.2. The van der Waals surface area contributed by atoms with E-state index in [1.165, 1.54) is 12.1 Å². The number of primary sulfonamides is 1. The maximum atomic E-state index is 12.4. The van der Waals surface area contributed by atoms with Crippen LogP contribution in [0.3, 0.4) is 0 Å². The third-order valence-corrected chi connectivity index (χ3v) is 5.37. The Bertz CT molecular complexity index is 961. The summed E-state index contributed by atoms with van der Waals surface area (Å²) in [6, 6.07) is 7.69. The number of carbonyl (C=O) groups excluding carboxylic acids is 2. The Balaban J connectivity index is 1.52. The quantitative estimate of drug-likeness (QED) is 0.592. The molecule has 1 aliphatic rings. The first kappa shape index (κ1) is 19.1. The number of benzene rings is 1. The van der Waals surface area contributed by atoms with Crippen LogP contribution in [-0.4, -0.2) is 31.9 Å². The molecular weight excluding hydrogens is 372 g/mol. The van der Waals surface area contributed by atoms with Gasteiger partial charge in [-0.1, -0.05) is 17.3 Å². The van der Waals surface area contributed by atoms with Crippen LogP contribution in [0.25, 0.3) is 0 Å². The summed E-state index contributed by atoms with van der Waals surface area (Å²) in [6.45, 7) is 2.03. The largest absolute Gasteiger partial charge is 0.360 e. The predicted octanol–water partition coefficient (Wildman–Crippen LogP) is 0.708. The first-order valence-electron chi connectivity index (χ1n) is 8.35. The number of hydrogen-bond donors (Lipinski definition) is 3. The van der Waals surface area contributed by atoms with Crippen molar-refractivity contribution in [2.45, 2.75) is 31.1 Å². The number of sulfonamides is 1. The summed E-state index contributed by atoms with van der Waals surface area (Å²) in [5, 5.41) is 14.1. The molecule has 3 rings (SSSR count). The van der Waals surface area contributed by atoms with Gasteiger partial charge in [0, 0.05) is 12.6 Å². The molecule has 0 radical (unpaired) electrons. The van der Waals surface area contributed by atoms with Crippen molar-refractivity contribution < 1.29 is 22.5 Å². The lowest BCUT2D eigenvalue weighted by molar-refractivity contribution is -0.134. The Morgan fingerprint density at radius 3 is 2.41 bits per heavy atom. The van der Waals surface area contributed by atoms with Gasteiger partial charge in [0.05, 0.1) is 4.90 Å². The van der Waals surface area contributed by atoms with E-state index in [4.69, 9.17) is 9.66 Å². The van der Waals surface area contributed by atoms with E-state index in [9.17, 15) is 18.0 Å². The van der Waals surface area contributed by atoms with Crippen LogP contribution >= 0.6 is 0 Å². The molecule has 0 atom stereocenters. The minimum atomic E-state index is -3.72. The molecule has 1 aromatic heterocycles. The second-order valence-electron chi connectivity index (χ2n) is 6.55. The zero-order valence-corrected chi connectivity index (χ0v) is 15.5. The smallest absolute Gasteiger partial charge is 0.241 e. The number of amides is 2. The van der Waals surface area contributed by atoms with Gasteiger partial charge in [-0.3, -0.25) is 9.59 Å². The topological polar surface area (TPSA) is 144 Å². The van der Waals surface area contributed by atoms with Gasteiger partial charge in [-0.2, -0.15) is 0 Å². The molecule has 0 unspecified atom stereocenters. The van der Waals surface area contributed by atoms with Gasteiger partial charge < -0.3 is 15.2 Å². The van der Waals surface area contributed by atoms with E-state index in [0.717, 1.165) is 5.56 Å². The first-order chi connectivity index (χ1) is 12.7. The van der Waals surface area contributed by atoms with Crippen molar-refractivity contribution in [3.63, 3.8) is 0 Å². The summed E-state index contributed by atoms with van der Waals surface area (Å²) in [7, 11) is -3.72. The fraction of sp³-hybridized carbons (Fsp3) is 0.353. The number of nitrogens with one attached hydrogen (secondary N) is 2. The van der Waals surface area contributed by atoms with Crippen LogP contribution in [-0.2, 0) is 26.0 Å². The lowest BCUT2D eigenvalue weighted by Gasteiger charge is -2.14. The lowest BCUT2D eigenvalue weighted by Crippen LogP contribution is -2.40. The molecule has 1 aliphatic carbocycles. The van der Waals surface area contributed by atoms with E-state index in [0.29, 0.717) is 31.6 Å². The van der Waals surface area contributed by atoms with Crippen LogP contribution in [0.5, 0.6) is 0 Å². The van der Waals surface area contributed by atoms with Crippen molar-refractivity contribution in [1.82, 2.24) is 10.5 Å². The fourth-order valence-electron chi connectivity index (χ4n) is 2.68. The Morgan fingerprint density at radius 1 is 1.22 bits per heavy atom. The van der Waals surface area contributed by atoms with Gasteiger partial charge in [0.15, 0.2) is 5.82 Å². The first-order valence-corrected chi connectivity index (χ1v) is 9.90. The number of anilines is 1. The van der Waals surface area contributed by atoms with Crippen LogP contribution in [0, 0.1) is 12.3 Å². The van der Waals surface area contributed by atoms with Gasteiger partial charge in [-0.05, 0) is 43.9 Å². The molecule has 2 amide bonds. The van der Waals surface area contributed by atoms with Gasteiger partial charge in [-0.15, -0.1) is 0 Å². The average Bonchev–Trinajstić information content (AvgIpc) is 3.33. The SMILES string of the molecule is Cc1cc(NC(=O)C2(C(=O)NCCc3ccc(S(N)(=O)=O)cc3)CC2)no1. The molecule has 1 heterocycles. The van der Waals surface area contributed by atoms with E-state index in [-0.39, 0.29) is 16.6 Å². The number of aromatic nitrogens is 1. The summed E-state index contributed by atoms with van der Waals surface area (Å²) in [4.78, 5) is 24.9. The maximum absolute atomic E-state index is 12.4. The van der Waals surface area contributed by atoms with Crippen molar-refractivity contribution in [1.29, 1.82) is 0 Å². The van der Waals surface area contributed by atoms with Crippen LogP contribution in [0.15, 0.2) is 39.8 Å². The molecule has 0 spiro atoms. The van der Waals surface area contributed by atoms with Crippen LogP contribution < -0.4 is 15.8 Å². The monoisotopic (exact) mass is 392 g/mol. The molecule has 0 saturated heterocycles. The Morgan fingerprint density at radius 2 is 1.89 bits per heavy atom. The second kappa shape index (κ2) is 7.12. The highest BCUT2D eigenvalue weighted by Gasteiger charge is 2.56. The van der Waals surface area contributed by atoms with E-state index in [1.807, 2.05) is 0 Å². The number of nitrogens with two attached hydrogens (primary N) is 1. The lowest BCUT2D eigenvalue weighted by atomic mass is 10.0. The number of carbonyl (C=O) groups is 2. The molecule has 4 N–H and O–H groups in total. The van der Waals surface area contributed by atoms with Crippen LogP contribution in [0.2, 0.25) is 0 Å². The maximum Gasteiger partial charge on any atom is 0.241 e. The average molecular weight is 392 g/mol. The number of nitrogens with zero attached hydrogens (tertiary/aromatic N) is 1. The van der Waals surface area contributed by atoms with Crippen molar-refractivity contribution >= 4 is 27.7 Å². The Kier molecular flexibility index (Phi) is 5.03. The fourth-order valence-corrected chi connectivity index (χ4v) is 3.19. The molecule has 0 bridgehead atoms. The van der Waals surface area contributed by atoms with Crippen molar-refractivity contribution in [3.8, 4) is 0 Å². The molecule has 1 saturated carbocycles. The minimum Gasteiger partial charge on any atom is -0.360 e. The molecule has 0 aliphatic heterocycles. The van der Waals surface area contributed by atoms with E-state index >= 15 is 0 Å². The number of hydrogen-bond acceptors (Lipinski definition) is 6. The van der Waals surface area contributed by atoms with Gasteiger partial charge in [0.1, 0.15) is 11.2 Å². The zero-order chi connectivity index (χ0) is 19.7. The highest BCUT2D eigenvalue weighted by Crippen LogP contribution is 2.46. The van der Waals surface area contributed by atoms with Crippen molar-refractivity contribution in [3.05, 3.63) is 41.7 Å². The highest BCUT2D eigenvalue weighted by molar-refractivity contribution is 7.89. The van der Waals surface area contributed by atoms with Crippen LogP contribution in [0.1, 0.15) is 24.2 Å². The molecule has 144 valence electrons. The molecular formula is C17H20N4O5S. The standard InChI is InChI=1S/C17H20N4O5S/c1-11-10-14(21-26-11)20-16(23)17(7-8-17)15(22)19-9-6-12-2-4-13(5-3-12)27(18,24)25/h2-5,10H,6-9H2,1H3,(H,19,22)(H2,18,24,25)(H,20,21,23). The molecule has 27 heavy (non-hydrogen) atoms. The van der Waals surface area contributed by atoms with Crippen molar-refractivity contribution in [2.24, 2.45) is 10.6 Å². The molecule has 2 aromatic rings. The molecule has 1 fully saturated rings. The predicted molar refractivity (Wildman–Crippen MR) is 96.1 cm³/mol. The zero-order valence-electron chi connectivity index (χ0n) is 14.7. The van der Waals surface area contributed by atoms with Gasteiger partial charge in [-0.25, -0.2) is 13.6 Å². The minimum absolute atomic E-state index is 0.0342. The second-order valence-corrected chi connectivity index (χ2v) is 8.12. The normalized spacial score (nSPS) is 15.2.